The van der Waals surface area contributed by atoms with Crippen molar-refractivity contribution in [1.29, 1.82) is 0 Å². The molecule has 1 rings (SSSR count). The summed E-state index contributed by atoms with van der Waals surface area (Å²) >= 11 is 3.30. The Balaban J connectivity index is 2.57. The number of rotatable bonds is 3. The number of hydrazine groups is 1. The molecule has 0 bridgehead atoms. The van der Waals surface area contributed by atoms with E-state index in [9.17, 15) is 0 Å². The van der Waals surface area contributed by atoms with E-state index in [1.54, 1.807) is 0 Å². The molecule has 16 heavy (non-hydrogen) atoms. The molecule has 7 nitrogen and oxygen atoms in total. The van der Waals surface area contributed by atoms with Gasteiger partial charge < -0.3 is 5.73 Å². The molecule has 0 saturated heterocycles. The molecule has 5 N–H and O–H groups in total. The van der Waals surface area contributed by atoms with Gasteiger partial charge in [0.15, 0.2) is 0 Å². The van der Waals surface area contributed by atoms with E-state index in [1.807, 2.05) is 29.7 Å². The quantitative estimate of drug-likeness (QED) is 0.372. The highest BCUT2D eigenvalue weighted by Gasteiger charge is 1.93. The molecule has 1 aromatic rings. The third kappa shape index (κ3) is 4.84. The summed E-state index contributed by atoms with van der Waals surface area (Å²) in [6.07, 6.45) is 1.47. The molecule has 1 aromatic carbocycles. The van der Waals surface area contributed by atoms with Gasteiger partial charge in [-0.3, -0.25) is 10.4 Å². The third-order valence-corrected chi connectivity index (χ3v) is 1.99. The SMILES string of the molecule is NC(=NN=Cc1ccc(Br)cc1)NN(O)O. The lowest BCUT2D eigenvalue weighted by Crippen LogP contribution is -2.41. The molecular formula is C8H10BrN5O2. The average molecular weight is 288 g/mol. The van der Waals surface area contributed by atoms with Crippen LogP contribution in [0.3, 0.4) is 0 Å². The summed E-state index contributed by atoms with van der Waals surface area (Å²) in [4.78, 5) is 0. The van der Waals surface area contributed by atoms with Crippen molar-refractivity contribution in [2.45, 2.75) is 0 Å². The fraction of sp³-hybridized carbons (Fsp3) is 0. The molecule has 0 aliphatic rings. The molecule has 86 valence electrons. The first-order valence-electron chi connectivity index (χ1n) is 4.14. The van der Waals surface area contributed by atoms with E-state index in [4.69, 9.17) is 16.1 Å². The smallest absolute Gasteiger partial charge is 0.232 e. The van der Waals surface area contributed by atoms with Crippen LogP contribution < -0.4 is 11.2 Å². The maximum Gasteiger partial charge on any atom is 0.232 e. The molecule has 0 radical (unpaired) electrons. The van der Waals surface area contributed by atoms with Crippen molar-refractivity contribution in [3.63, 3.8) is 0 Å². The molecule has 0 heterocycles. The molecule has 0 amide bonds. The summed E-state index contributed by atoms with van der Waals surface area (Å²) in [5.41, 5.74) is 7.95. The minimum Gasteiger partial charge on any atom is -0.367 e. The zero-order valence-electron chi connectivity index (χ0n) is 8.08. The molecule has 0 aliphatic heterocycles. The zero-order chi connectivity index (χ0) is 12.0. The van der Waals surface area contributed by atoms with Crippen molar-refractivity contribution in [3.8, 4) is 0 Å². The summed E-state index contributed by atoms with van der Waals surface area (Å²) in [7, 11) is 0. The Kier molecular flexibility index (Phi) is 4.86. The molecular weight excluding hydrogens is 278 g/mol. The summed E-state index contributed by atoms with van der Waals surface area (Å²) in [5.74, 6) is -0.252. The molecule has 0 fully saturated rings. The fourth-order valence-corrected chi connectivity index (χ4v) is 1.10. The van der Waals surface area contributed by atoms with Gasteiger partial charge in [-0.05, 0) is 17.7 Å². The maximum atomic E-state index is 8.33. The fourth-order valence-electron chi connectivity index (χ4n) is 0.831. The number of nitrogens with two attached hydrogens (primary N) is 1. The van der Waals surface area contributed by atoms with Gasteiger partial charge in [0.1, 0.15) is 0 Å². The van der Waals surface area contributed by atoms with Gasteiger partial charge in [0.25, 0.3) is 0 Å². The Labute approximate surface area is 99.9 Å². The van der Waals surface area contributed by atoms with Gasteiger partial charge in [-0.1, -0.05) is 28.1 Å². The standard InChI is InChI=1S/C8H10BrN5O2/c9-7-3-1-6(2-4-7)5-11-12-8(10)13-14(15)16/h1-5,15-16H,(H3,10,12,13). The maximum absolute atomic E-state index is 8.33. The topological polar surface area (TPSA) is 106 Å². The van der Waals surface area contributed by atoms with Crippen molar-refractivity contribution in [3.05, 3.63) is 34.3 Å². The van der Waals surface area contributed by atoms with Crippen LogP contribution in [-0.2, 0) is 0 Å². The average Bonchev–Trinajstić information content (AvgIpc) is 2.20. The number of guanidine groups is 1. The van der Waals surface area contributed by atoms with Gasteiger partial charge >= 0.3 is 0 Å². The number of hydrogen-bond acceptors (Lipinski definition) is 5. The summed E-state index contributed by atoms with van der Waals surface area (Å²) in [6, 6.07) is 7.37. The van der Waals surface area contributed by atoms with Crippen LogP contribution in [-0.4, -0.2) is 27.9 Å². The first-order valence-corrected chi connectivity index (χ1v) is 4.94. The highest BCUT2D eigenvalue weighted by molar-refractivity contribution is 9.10. The predicted octanol–water partition coefficient (Wildman–Crippen LogP) is 0.683. The van der Waals surface area contributed by atoms with Crippen LogP contribution in [0, 0.1) is 0 Å². The number of benzene rings is 1. The summed E-state index contributed by atoms with van der Waals surface area (Å²) in [5, 5.41) is 23.4. The van der Waals surface area contributed by atoms with Crippen molar-refractivity contribution >= 4 is 28.1 Å². The third-order valence-electron chi connectivity index (χ3n) is 1.46. The van der Waals surface area contributed by atoms with E-state index in [1.165, 1.54) is 6.21 Å². The van der Waals surface area contributed by atoms with E-state index in [0.29, 0.717) is 0 Å². The summed E-state index contributed by atoms with van der Waals surface area (Å²) < 4.78 is 0.963. The molecule has 8 heteroatoms. The Hall–Kier alpha value is -1.48. The minimum absolute atomic E-state index is 0.252. The molecule has 0 atom stereocenters. The number of nitrogens with one attached hydrogen (secondary N) is 1. The second-order valence-corrected chi connectivity index (χ2v) is 3.60. The number of hydrogen-bond donors (Lipinski definition) is 4. The molecule has 0 saturated carbocycles. The van der Waals surface area contributed by atoms with Crippen molar-refractivity contribution in [1.82, 2.24) is 10.8 Å². The van der Waals surface area contributed by atoms with E-state index in [0.717, 1.165) is 10.0 Å². The predicted molar refractivity (Wildman–Crippen MR) is 61.9 cm³/mol. The van der Waals surface area contributed by atoms with Crippen LogP contribution in [0.5, 0.6) is 0 Å². The van der Waals surface area contributed by atoms with Gasteiger partial charge in [-0.25, -0.2) is 5.43 Å². The highest BCUT2D eigenvalue weighted by atomic mass is 79.9. The Morgan fingerprint density at radius 1 is 1.38 bits per heavy atom. The van der Waals surface area contributed by atoms with Crippen LogP contribution >= 0.6 is 15.9 Å². The molecule has 0 unspecified atom stereocenters. The normalized spacial score (nSPS) is 12.4. The van der Waals surface area contributed by atoms with Gasteiger partial charge in [0.05, 0.1) is 6.21 Å². The number of nitrogens with zero attached hydrogens (tertiary/aromatic N) is 3. The van der Waals surface area contributed by atoms with Crippen molar-refractivity contribution in [2.75, 3.05) is 0 Å². The second-order valence-electron chi connectivity index (χ2n) is 2.68. The lowest BCUT2D eigenvalue weighted by atomic mass is 10.2. The first-order chi connectivity index (χ1) is 7.58. The highest BCUT2D eigenvalue weighted by Crippen LogP contribution is 2.08. The second kappa shape index (κ2) is 6.18. The van der Waals surface area contributed by atoms with E-state index >= 15 is 0 Å². The molecule has 0 aromatic heterocycles. The van der Waals surface area contributed by atoms with Crippen molar-refractivity contribution in [2.24, 2.45) is 15.9 Å². The summed E-state index contributed by atoms with van der Waals surface area (Å²) in [6.45, 7) is 0. The van der Waals surface area contributed by atoms with Gasteiger partial charge in [-0.2, -0.15) is 5.10 Å². The monoisotopic (exact) mass is 287 g/mol. The Bertz CT molecular complexity index is 390. The van der Waals surface area contributed by atoms with Gasteiger partial charge in [-0.15, -0.1) is 5.10 Å². The lowest BCUT2D eigenvalue weighted by molar-refractivity contribution is -0.329. The van der Waals surface area contributed by atoms with E-state index in [-0.39, 0.29) is 11.3 Å². The van der Waals surface area contributed by atoms with Gasteiger partial charge in [0, 0.05) is 9.81 Å². The van der Waals surface area contributed by atoms with Crippen LogP contribution in [0.4, 0.5) is 0 Å². The lowest BCUT2D eigenvalue weighted by Gasteiger charge is -2.05. The van der Waals surface area contributed by atoms with Crippen LogP contribution in [0.15, 0.2) is 38.9 Å². The molecule has 0 spiro atoms. The van der Waals surface area contributed by atoms with Crippen LogP contribution in [0.2, 0.25) is 0 Å². The van der Waals surface area contributed by atoms with Gasteiger partial charge in [0.2, 0.25) is 5.96 Å². The minimum atomic E-state index is -0.312. The Morgan fingerprint density at radius 3 is 2.56 bits per heavy atom. The Morgan fingerprint density at radius 2 is 2.00 bits per heavy atom. The molecule has 0 aliphatic carbocycles. The zero-order valence-corrected chi connectivity index (χ0v) is 9.66. The van der Waals surface area contributed by atoms with E-state index in [2.05, 4.69) is 26.1 Å². The van der Waals surface area contributed by atoms with E-state index < -0.39 is 0 Å². The first kappa shape index (κ1) is 12.6. The largest absolute Gasteiger partial charge is 0.367 e. The van der Waals surface area contributed by atoms with Crippen LogP contribution in [0.1, 0.15) is 5.56 Å². The van der Waals surface area contributed by atoms with Crippen LogP contribution in [0.25, 0.3) is 0 Å². The van der Waals surface area contributed by atoms with Crippen molar-refractivity contribution < 1.29 is 10.4 Å². The number of halogens is 1.